The van der Waals surface area contributed by atoms with Crippen LogP contribution in [-0.2, 0) is 12.8 Å². The molecule has 0 fully saturated rings. The Hall–Kier alpha value is -1.88. The summed E-state index contributed by atoms with van der Waals surface area (Å²) in [6.45, 7) is 0.714. The number of phenols is 1. The maximum absolute atomic E-state index is 9.30. The minimum atomic E-state index is 0.260. The third-order valence-corrected chi connectivity index (χ3v) is 3.54. The molecule has 1 aliphatic rings. The maximum atomic E-state index is 9.30. The van der Waals surface area contributed by atoms with Gasteiger partial charge < -0.3 is 10.8 Å². The standard InChI is InChI=1S/C13H16N4O/c14-8-9-1-6-13-12(7-9)15-16-17(13)10-2-4-11(18)5-3-10/h2-5,9,18H,1,6-8,14H2. The number of rotatable bonds is 2. The van der Waals surface area contributed by atoms with Gasteiger partial charge in [0.25, 0.3) is 0 Å². The van der Waals surface area contributed by atoms with Crippen LogP contribution in [0.4, 0.5) is 0 Å². The van der Waals surface area contributed by atoms with E-state index >= 15 is 0 Å². The molecule has 0 spiro atoms. The Kier molecular flexibility index (Phi) is 2.76. The SMILES string of the molecule is NCC1CCc2c(nnn2-c2ccc(O)cc2)C1. The van der Waals surface area contributed by atoms with Crippen LogP contribution in [0.1, 0.15) is 17.8 Å². The van der Waals surface area contributed by atoms with Gasteiger partial charge in [0.05, 0.1) is 17.1 Å². The van der Waals surface area contributed by atoms with Crippen molar-refractivity contribution in [1.82, 2.24) is 15.0 Å². The molecule has 3 N–H and O–H groups in total. The predicted molar refractivity (Wildman–Crippen MR) is 67.6 cm³/mol. The molecule has 94 valence electrons. The summed E-state index contributed by atoms with van der Waals surface area (Å²) < 4.78 is 1.86. The number of nitrogens with two attached hydrogens (primary N) is 1. The van der Waals surface area contributed by atoms with Gasteiger partial charge in [0.2, 0.25) is 0 Å². The fourth-order valence-electron chi connectivity index (χ4n) is 2.46. The summed E-state index contributed by atoms with van der Waals surface area (Å²) in [7, 11) is 0. The Bertz CT molecular complexity index is 547. The van der Waals surface area contributed by atoms with Gasteiger partial charge in [-0.1, -0.05) is 5.21 Å². The summed E-state index contributed by atoms with van der Waals surface area (Å²) in [5.74, 6) is 0.790. The molecule has 18 heavy (non-hydrogen) atoms. The largest absolute Gasteiger partial charge is 0.508 e. The van der Waals surface area contributed by atoms with Gasteiger partial charge in [-0.15, -0.1) is 5.10 Å². The molecule has 1 atom stereocenters. The number of nitrogens with zero attached hydrogens (tertiary/aromatic N) is 3. The van der Waals surface area contributed by atoms with Crippen LogP contribution >= 0.6 is 0 Å². The van der Waals surface area contributed by atoms with Crippen molar-refractivity contribution >= 4 is 0 Å². The number of fused-ring (bicyclic) bond motifs is 1. The van der Waals surface area contributed by atoms with Gasteiger partial charge >= 0.3 is 0 Å². The Labute approximate surface area is 105 Å². The van der Waals surface area contributed by atoms with Crippen molar-refractivity contribution in [3.05, 3.63) is 35.7 Å². The average molecular weight is 244 g/mol. The number of aromatic hydroxyl groups is 1. The summed E-state index contributed by atoms with van der Waals surface area (Å²) in [6.07, 6.45) is 2.98. The second kappa shape index (κ2) is 4.42. The molecule has 0 bridgehead atoms. The lowest BCUT2D eigenvalue weighted by Gasteiger charge is -2.19. The molecule has 1 aromatic carbocycles. The van der Waals surface area contributed by atoms with Gasteiger partial charge in [0.15, 0.2) is 0 Å². The van der Waals surface area contributed by atoms with E-state index in [1.165, 1.54) is 5.69 Å². The van der Waals surface area contributed by atoms with E-state index in [-0.39, 0.29) is 5.75 Å². The van der Waals surface area contributed by atoms with E-state index in [0.29, 0.717) is 12.5 Å². The molecular weight excluding hydrogens is 228 g/mol. The van der Waals surface area contributed by atoms with Gasteiger partial charge in [-0.3, -0.25) is 0 Å². The van der Waals surface area contributed by atoms with E-state index in [9.17, 15) is 5.11 Å². The smallest absolute Gasteiger partial charge is 0.115 e. The molecule has 1 heterocycles. The van der Waals surface area contributed by atoms with Crippen LogP contribution in [0.3, 0.4) is 0 Å². The summed E-state index contributed by atoms with van der Waals surface area (Å²) in [4.78, 5) is 0. The molecule has 1 aromatic heterocycles. The van der Waals surface area contributed by atoms with Crippen LogP contribution in [-0.4, -0.2) is 26.6 Å². The molecular formula is C13H16N4O. The van der Waals surface area contributed by atoms with Crippen molar-refractivity contribution in [2.45, 2.75) is 19.3 Å². The van der Waals surface area contributed by atoms with Crippen LogP contribution in [0, 0.1) is 5.92 Å². The van der Waals surface area contributed by atoms with Crippen LogP contribution < -0.4 is 5.73 Å². The molecule has 1 unspecified atom stereocenters. The highest BCUT2D eigenvalue weighted by Gasteiger charge is 2.23. The first-order valence-electron chi connectivity index (χ1n) is 6.21. The van der Waals surface area contributed by atoms with Crippen molar-refractivity contribution < 1.29 is 5.11 Å². The molecule has 0 aliphatic heterocycles. The topological polar surface area (TPSA) is 77.0 Å². The fraction of sp³-hybridized carbons (Fsp3) is 0.385. The lowest BCUT2D eigenvalue weighted by Crippen LogP contribution is -2.23. The van der Waals surface area contributed by atoms with Gasteiger partial charge in [0, 0.05) is 0 Å². The highest BCUT2D eigenvalue weighted by atomic mass is 16.3. The first kappa shape index (κ1) is 11.2. The average Bonchev–Trinajstić information content (AvgIpc) is 2.82. The summed E-state index contributed by atoms with van der Waals surface area (Å²) >= 11 is 0. The molecule has 0 saturated heterocycles. The lowest BCUT2D eigenvalue weighted by atomic mass is 9.90. The lowest BCUT2D eigenvalue weighted by molar-refractivity contribution is 0.458. The number of phenolic OH excluding ortho intramolecular Hbond substituents is 1. The zero-order valence-electron chi connectivity index (χ0n) is 10.1. The molecule has 0 saturated carbocycles. The number of aromatic nitrogens is 3. The molecule has 0 amide bonds. The van der Waals surface area contributed by atoms with E-state index in [1.807, 2.05) is 16.8 Å². The van der Waals surface area contributed by atoms with Crippen LogP contribution in [0.2, 0.25) is 0 Å². The summed E-state index contributed by atoms with van der Waals surface area (Å²) in [5.41, 5.74) is 8.88. The molecule has 2 aromatic rings. The van der Waals surface area contributed by atoms with Gasteiger partial charge in [-0.05, 0) is 56.0 Å². The monoisotopic (exact) mass is 244 g/mol. The van der Waals surface area contributed by atoms with Gasteiger partial charge in [0.1, 0.15) is 5.75 Å². The van der Waals surface area contributed by atoms with Crippen molar-refractivity contribution in [1.29, 1.82) is 0 Å². The molecule has 5 heteroatoms. The number of benzene rings is 1. The molecule has 0 radical (unpaired) electrons. The molecule has 1 aliphatic carbocycles. The minimum Gasteiger partial charge on any atom is -0.508 e. The van der Waals surface area contributed by atoms with Crippen molar-refractivity contribution in [2.75, 3.05) is 6.54 Å². The van der Waals surface area contributed by atoms with E-state index in [0.717, 1.165) is 30.6 Å². The summed E-state index contributed by atoms with van der Waals surface area (Å²) in [6, 6.07) is 7.02. The number of hydrogen-bond acceptors (Lipinski definition) is 4. The number of hydrogen-bond donors (Lipinski definition) is 2. The van der Waals surface area contributed by atoms with Crippen LogP contribution in [0.5, 0.6) is 5.75 Å². The van der Waals surface area contributed by atoms with E-state index in [2.05, 4.69) is 10.3 Å². The van der Waals surface area contributed by atoms with Crippen LogP contribution in [0.25, 0.3) is 5.69 Å². The van der Waals surface area contributed by atoms with E-state index in [4.69, 9.17) is 5.73 Å². The second-order valence-corrected chi connectivity index (χ2v) is 4.76. The van der Waals surface area contributed by atoms with Crippen molar-refractivity contribution in [3.63, 3.8) is 0 Å². The first-order chi connectivity index (χ1) is 8.78. The van der Waals surface area contributed by atoms with Gasteiger partial charge in [-0.2, -0.15) is 0 Å². The Morgan fingerprint density at radius 3 is 2.83 bits per heavy atom. The molecule has 3 rings (SSSR count). The normalized spacial score (nSPS) is 18.6. The van der Waals surface area contributed by atoms with Crippen LogP contribution in [0.15, 0.2) is 24.3 Å². The third kappa shape index (κ3) is 1.86. The summed E-state index contributed by atoms with van der Waals surface area (Å²) in [5, 5.41) is 17.8. The third-order valence-electron chi connectivity index (χ3n) is 3.54. The second-order valence-electron chi connectivity index (χ2n) is 4.76. The molecule has 5 nitrogen and oxygen atoms in total. The quantitative estimate of drug-likeness (QED) is 0.827. The van der Waals surface area contributed by atoms with Crippen molar-refractivity contribution in [3.8, 4) is 11.4 Å². The first-order valence-corrected chi connectivity index (χ1v) is 6.21. The highest BCUT2D eigenvalue weighted by molar-refractivity contribution is 5.38. The van der Waals surface area contributed by atoms with E-state index < -0.39 is 0 Å². The zero-order valence-corrected chi connectivity index (χ0v) is 10.1. The Morgan fingerprint density at radius 2 is 2.11 bits per heavy atom. The van der Waals surface area contributed by atoms with Gasteiger partial charge in [-0.25, -0.2) is 4.68 Å². The minimum absolute atomic E-state index is 0.260. The zero-order chi connectivity index (χ0) is 12.5. The van der Waals surface area contributed by atoms with Crippen molar-refractivity contribution in [2.24, 2.45) is 11.7 Å². The maximum Gasteiger partial charge on any atom is 0.115 e. The predicted octanol–water partition coefficient (Wildman–Crippen LogP) is 1.04. The fourth-order valence-corrected chi connectivity index (χ4v) is 2.46. The Balaban J connectivity index is 1.96. The highest BCUT2D eigenvalue weighted by Crippen LogP contribution is 2.25. The Morgan fingerprint density at radius 1 is 1.33 bits per heavy atom. The van der Waals surface area contributed by atoms with E-state index in [1.54, 1.807) is 12.1 Å².